The van der Waals surface area contributed by atoms with Crippen LogP contribution in [-0.4, -0.2) is 71.8 Å². The summed E-state index contributed by atoms with van der Waals surface area (Å²) in [5.41, 5.74) is 6.00. The number of alkyl halides is 3. The van der Waals surface area contributed by atoms with Gasteiger partial charge in [0, 0.05) is 48.4 Å². The zero-order chi connectivity index (χ0) is 27.5. The molecule has 37 heavy (non-hydrogen) atoms. The molecule has 2 aromatic rings. The summed E-state index contributed by atoms with van der Waals surface area (Å²) in [5.74, 6) is -4.38. The number of ether oxygens (including phenoxy) is 1. The highest BCUT2D eigenvalue weighted by Gasteiger charge is 2.55. The quantitative estimate of drug-likeness (QED) is 0.388. The van der Waals surface area contributed by atoms with Crippen LogP contribution in [0.2, 0.25) is 0 Å². The van der Waals surface area contributed by atoms with Crippen molar-refractivity contribution >= 4 is 20.1 Å². The molecular weight excluding hydrogens is 551 g/mol. The van der Waals surface area contributed by atoms with E-state index in [0.717, 1.165) is 12.3 Å². The fraction of sp³-hybridized carbons (Fsp3) is 0.550. The van der Waals surface area contributed by atoms with Crippen LogP contribution in [0.5, 0.6) is 0 Å². The number of nitrogens with zero attached hydrogens (tertiary/aromatic N) is 3. The van der Waals surface area contributed by atoms with Gasteiger partial charge in [-0.25, -0.2) is 17.2 Å². The molecule has 3 N–H and O–H groups in total. The zero-order valence-electron chi connectivity index (χ0n) is 19.1. The Morgan fingerprint density at radius 3 is 2.46 bits per heavy atom. The molecule has 2 aliphatic heterocycles. The maximum atomic E-state index is 14.6. The monoisotopic (exact) mass is 574 g/mol. The summed E-state index contributed by atoms with van der Waals surface area (Å²) in [7, 11) is -8.40. The molecule has 1 saturated heterocycles. The number of aromatic nitrogens is 2. The fourth-order valence-corrected chi connectivity index (χ4v) is 6.17. The zero-order valence-corrected chi connectivity index (χ0v) is 20.8. The van der Waals surface area contributed by atoms with Crippen molar-refractivity contribution in [2.75, 3.05) is 12.0 Å². The first-order valence-electron chi connectivity index (χ1n) is 10.8. The first-order chi connectivity index (χ1) is 16.9. The van der Waals surface area contributed by atoms with Gasteiger partial charge in [-0.2, -0.15) is 30.8 Å². The van der Waals surface area contributed by atoms with Crippen molar-refractivity contribution in [1.29, 1.82) is 0 Å². The number of nitrogens with two attached hydrogens (primary N) is 1. The Kier molecular flexibility index (Phi) is 7.17. The highest BCUT2D eigenvalue weighted by molar-refractivity contribution is 7.89. The molecule has 0 aliphatic carbocycles. The molecule has 0 radical (unpaired) electrons. The van der Waals surface area contributed by atoms with E-state index in [2.05, 4.69) is 5.10 Å². The third-order valence-electron chi connectivity index (χ3n) is 6.48. The topological polar surface area (TPSA) is 145 Å². The van der Waals surface area contributed by atoms with Crippen molar-refractivity contribution < 1.29 is 48.1 Å². The number of hydrogen-bond acceptors (Lipinski definition) is 8. The molecule has 5 atom stereocenters. The molecule has 0 amide bonds. The van der Waals surface area contributed by atoms with E-state index in [9.17, 15) is 43.3 Å². The molecule has 206 valence electrons. The van der Waals surface area contributed by atoms with Gasteiger partial charge in [-0.1, -0.05) is 0 Å². The number of hydrogen-bond donors (Lipinski definition) is 2. The maximum Gasteiger partial charge on any atom is 0.416 e. The summed E-state index contributed by atoms with van der Waals surface area (Å²) in [5, 5.41) is 3.92. The molecule has 1 aromatic carbocycles. The highest BCUT2D eigenvalue weighted by atomic mass is 32.2. The average molecular weight is 575 g/mol. The lowest BCUT2D eigenvalue weighted by molar-refractivity contribution is -0.277. The second kappa shape index (κ2) is 9.53. The molecule has 1 aromatic heterocycles. The first-order valence-corrected chi connectivity index (χ1v) is 14.3. The third-order valence-corrected chi connectivity index (χ3v) is 8.15. The number of benzene rings is 1. The van der Waals surface area contributed by atoms with Crippen LogP contribution in [0, 0.1) is 17.6 Å². The Bertz CT molecular complexity index is 1370. The van der Waals surface area contributed by atoms with Crippen LogP contribution in [0.15, 0.2) is 24.4 Å². The van der Waals surface area contributed by atoms with Gasteiger partial charge in [0.05, 0.1) is 23.8 Å². The lowest BCUT2D eigenvalue weighted by Gasteiger charge is -2.47. The molecule has 10 nitrogen and oxygen atoms in total. The van der Waals surface area contributed by atoms with E-state index in [1.165, 1.54) is 11.1 Å². The third kappa shape index (κ3) is 5.96. The molecule has 0 spiro atoms. The number of halogens is 5. The second-order valence-corrected chi connectivity index (χ2v) is 12.5. The van der Waals surface area contributed by atoms with Crippen molar-refractivity contribution in [3.63, 3.8) is 0 Å². The van der Waals surface area contributed by atoms with Crippen LogP contribution >= 0.6 is 0 Å². The summed E-state index contributed by atoms with van der Waals surface area (Å²) in [4.78, 5) is 1.33. The molecule has 0 saturated carbocycles. The molecular formula is C20H23F5N4O6S2. The van der Waals surface area contributed by atoms with Gasteiger partial charge in [0.15, 0.2) is 6.10 Å². The first kappa shape index (κ1) is 27.8. The van der Waals surface area contributed by atoms with Crippen LogP contribution in [0.3, 0.4) is 0 Å². The van der Waals surface area contributed by atoms with Crippen LogP contribution in [0.4, 0.5) is 22.0 Å². The maximum absolute atomic E-state index is 14.6. The summed E-state index contributed by atoms with van der Waals surface area (Å²) >= 11 is 0. The van der Waals surface area contributed by atoms with Gasteiger partial charge in [-0.3, -0.25) is 9.45 Å². The van der Waals surface area contributed by atoms with E-state index in [0.29, 0.717) is 21.8 Å². The normalized spacial score (nSPS) is 26.3. The van der Waals surface area contributed by atoms with Gasteiger partial charge in [0.25, 0.3) is 20.1 Å². The van der Waals surface area contributed by atoms with Gasteiger partial charge in [0.2, 0.25) is 0 Å². The van der Waals surface area contributed by atoms with Crippen molar-refractivity contribution in [2.45, 2.75) is 50.0 Å². The SMILES string of the molecule is CS(=O)(=O)n1cc2c(n1)CN([C@@H]1C[C@@H](C(N)CS(=O)(=O)O)[C@H](c3cc(F)ccc3F)O[C@@H]1C(F)(F)F)C2. The standard InChI is InChI=1S/C20H23F5N4O6S2/c1-36(30,31)29-7-10-6-28(8-16(10)27-29)17-5-13(15(26)9-37(32,33)34)18(35-19(17)20(23,24)25)12-4-11(21)2-3-14(12)22/h2-4,7,13,15,17-19H,5-6,8-9,26H2,1H3,(H,32,33,34)/t13-,15?,17+,18-,19-/m0/s1. The van der Waals surface area contributed by atoms with Crippen LogP contribution in [-0.2, 0) is 38.0 Å². The van der Waals surface area contributed by atoms with Gasteiger partial charge in [-0.05, 0) is 24.6 Å². The van der Waals surface area contributed by atoms with E-state index in [1.54, 1.807) is 0 Å². The van der Waals surface area contributed by atoms with E-state index >= 15 is 0 Å². The minimum atomic E-state index is -4.97. The van der Waals surface area contributed by atoms with Crippen molar-refractivity contribution in [2.24, 2.45) is 11.7 Å². The molecule has 2 aliphatic rings. The Hall–Kier alpha value is -2.18. The minimum Gasteiger partial charge on any atom is -0.359 e. The van der Waals surface area contributed by atoms with Gasteiger partial charge in [-0.15, -0.1) is 0 Å². The highest BCUT2D eigenvalue weighted by Crippen LogP contribution is 2.46. The van der Waals surface area contributed by atoms with Crippen molar-refractivity contribution in [3.8, 4) is 0 Å². The minimum absolute atomic E-state index is 0.134. The predicted octanol–water partition coefficient (Wildman–Crippen LogP) is 1.58. The Morgan fingerprint density at radius 2 is 1.89 bits per heavy atom. The van der Waals surface area contributed by atoms with E-state index < -0.39 is 85.9 Å². The lowest BCUT2D eigenvalue weighted by atomic mass is 9.80. The van der Waals surface area contributed by atoms with Crippen LogP contribution < -0.4 is 5.73 Å². The largest absolute Gasteiger partial charge is 0.416 e. The molecule has 3 heterocycles. The smallest absolute Gasteiger partial charge is 0.359 e. The predicted molar refractivity (Wildman–Crippen MR) is 118 cm³/mol. The molecule has 4 rings (SSSR count). The van der Waals surface area contributed by atoms with Gasteiger partial charge in [0.1, 0.15) is 11.6 Å². The second-order valence-electron chi connectivity index (χ2n) is 9.21. The van der Waals surface area contributed by atoms with E-state index in [4.69, 9.17) is 10.5 Å². The van der Waals surface area contributed by atoms with Gasteiger partial charge >= 0.3 is 6.18 Å². The Morgan fingerprint density at radius 1 is 1.22 bits per heavy atom. The van der Waals surface area contributed by atoms with Crippen molar-refractivity contribution in [1.82, 2.24) is 14.1 Å². The van der Waals surface area contributed by atoms with Gasteiger partial charge < -0.3 is 10.5 Å². The van der Waals surface area contributed by atoms with Crippen LogP contribution in [0.1, 0.15) is 29.3 Å². The summed E-state index contributed by atoms with van der Waals surface area (Å²) in [6.45, 7) is -0.317. The molecule has 17 heteroatoms. The number of fused-ring (bicyclic) bond motifs is 1. The molecule has 1 unspecified atom stereocenters. The Labute approximate surface area is 209 Å². The summed E-state index contributed by atoms with van der Waals surface area (Å²) in [6.07, 6.45) is -7.64. The van der Waals surface area contributed by atoms with E-state index in [1.807, 2.05) is 0 Å². The van der Waals surface area contributed by atoms with E-state index in [-0.39, 0.29) is 18.8 Å². The molecule has 1 fully saturated rings. The lowest BCUT2D eigenvalue weighted by Crippen LogP contribution is -2.58. The molecule has 0 bridgehead atoms. The van der Waals surface area contributed by atoms with Crippen LogP contribution in [0.25, 0.3) is 0 Å². The Balaban J connectivity index is 1.72. The van der Waals surface area contributed by atoms with Crippen molar-refractivity contribution in [3.05, 3.63) is 52.9 Å². The number of rotatable bonds is 6. The summed E-state index contributed by atoms with van der Waals surface area (Å²) in [6, 6.07) is -0.852. The summed E-state index contributed by atoms with van der Waals surface area (Å²) < 4.78 is 133. The average Bonchev–Trinajstić information content (AvgIpc) is 3.32. The fourth-order valence-electron chi connectivity index (χ4n) is 4.87.